The molecule has 2 aromatic rings. The molecule has 0 fully saturated rings. The molecule has 10 heteroatoms. The Morgan fingerprint density at radius 2 is 1.71 bits per heavy atom. The van der Waals surface area contributed by atoms with E-state index >= 15 is 0 Å². The van der Waals surface area contributed by atoms with Gasteiger partial charge in [0.15, 0.2) is 0 Å². The number of rotatable bonds is 12. The first kappa shape index (κ1) is 29.1. The van der Waals surface area contributed by atoms with Crippen LogP contribution in [0.25, 0.3) is 0 Å². The third-order valence-corrected chi connectivity index (χ3v) is 7.95. The van der Waals surface area contributed by atoms with Crippen molar-refractivity contribution in [3.63, 3.8) is 0 Å². The minimum atomic E-state index is -3.65. The molecule has 192 valence electrons. The zero-order valence-corrected chi connectivity index (χ0v) is 22.8. The van der Waals surface area contributed by atoms with Crippen LogP contribution in [0, 0.1) is 0 Å². The van der Waals surface area contributed by atoms with Crippen LogP contribution in [0.3, 0.4) is 0 Å². The van der Waals surface area contributed by atoms with E-state index in [9.17, 15) is 18.0 Å². The van der Waals surface area contributed by atoms with Crippen LogP contribution in [0.5, 0.6) is 0 Å². The van der Waals surface area contributed by atoms with Crippen LogP contribution < -0.4 is 5.32 Å². The maximum absolute atomic E-state index is 13.3. The first-order chi connectivity index (χ1) is 16.5. The summed E-state index contributed by atoms with van der Waals surface area (Å²) in [6.07, 6.45) is 0.789. The van der Waals surface area contributed by atoms with Gasteiger partial charge in [0.25, 0.3) is 0 Å². The van der Waals surface area contributed by atoms with Crippen molar-refractivity contribution in [3.8, 4) is 0 Å². The highest BCUT2D eigenvalue weighted by atomic mass is 35.5. The second-order valence-electron chi connectivity index (χ2n) is 8.59. The van der Waals surface area contributed by atoms with E-state index < -0.39 is 16.1 Å². The summed E-state index contributed by atoms with van der Waals surface area (Å²) >= 11 is 12.4. The van der Waals surface area contributed by atoms with E-state index in [0.717, 1.165) is 0 Å². The minimum absolute atomic E-state index is 0.0747. The molecule has 7 nitrogen and oxygen atoms in total. The van der Waals surface area contributed by atoms with Crippen LogP contribution in [0.4, 0.5) is 0 Å². The Morgan fingerprint density at radius 1 is 1.06 bits per heavy atom. The van der Waals surface area contributed by atoms with E-state index in [-0.39, 0.29) is 42.3 Å². The maximum Gasteiger partial charge on any atom is 0.243 e. The van der Waals surface area contributed by atoms with Crippen molar-refractivity contribution in [2.75, 3.05) is 13.6 Å². The number of hydrogen-bond donors (Lipinski definition) is 1. The molecule has 0 radical (unpaired) electrons. The van der Waals surface area contributed by atoms with Gasteiger partial charge in [-0.1, -0.05) is 54.4 Å². The number of halogens is 2. The van der Waals surface area contributed by atoms with Crippen molar-refractivity contribution in [1.82, 2.24) is 14.5 Å². The van der Waals surface area contributed by atoms with E-state index in [1.54, 1.807) is 36.4 Å². The Labute approximate surface area is 218 Å². The van der Waals surface area contributed by atoms with Crippen molar-refractivity contribution in [3.05, 3.63) is 64.1 Å². The number of carbonyl (C=O) groups is 2. The number of nitrogens with one attached hydrogen (secondary N) is 1. The fourth-order valence-corrected chi connectivity index (χ4v) is 5.32. The summed E-state index contributed by atoms with van der Waals surface area (Å²) in [5, 5.41) is 3.76. The summed E-state index contributed by atoms with van der Waals surface area (Å²) in [6, 6.07) is 12.4. The third kappa shape index (κ3) is 8.20. The lowest BCUT2D eigenvalue weighted by Gasteiger charge is -2.31. The smallest absolute Gasteiger partial charge is 0.243 e. The molecular formula is C25H33Cl2N3O4S. The highest BCUT2D eigenvalue weighted by molar-refractivity contribution is 7.89. The Kier molecular flexibility index (Phi) is 11.0. The Morgan fingerprint density at radius 3 is 2.29 bits per heavy atom. The second kappa shape index (κ2) is 13.3. The number of nitrogens with zero attached hydrogens (tertiary/aromatic N) is 2. The molecule has 0 unspecified atom stereocenters. The summed E-state index contributed by atoms with van der Waals surface area (Å²) in [5.74, 6) is -0.503. The van der Waals surface area contributed by atoms with Crippen molar-refractivity contribution in [1.29, 1.82) is 0 Å². The molecule has 2 aromatic carbocycles. The predicted octanol–water partition coefficient (Wildman–Crippen LogP) is 4.73. The molecule has 0 aliphatic carbocycles. The molecule has 1 N–H and O–H groups in total. The Bertz CT molecular complexity index is 1110. The van der Waals surface area contributed by atoms with Gasteiger partial charge in [0.2, 0.25) is 21.8 Å². The van der Waals surface area contributed by atoms with Crippen molar-refractivity contribution in [2.45, 2.75) is 63.6 Å². The lowest BCUT2D eigenvalue weighted by molar-refractivity contribution is -0.141. The zero-order valence-electron chi connectivity index (χ0n) is 20.5. The van der Waals surface area contributed by atoms with Gasteiger partial charge < -0.3 is 10.2 Å². The molecule has 0 spiro atoms. The van der Waals surface area contributed by atoms with Gasteiger partial charge in [-0.15, -0.1) is 0 Å². The molecule has 0 saturated heterocycles. The number of amides is 2. The zero-order chi connectivity index (χ0) is 26.2. The lowest BCUT2D eigenvalue weighted by atomic mass is 10.1. The maximum atomic E-state index is 13.3. The fourth-order valence-electron chi connectivity index (χ4n) is 3.62. The normalized spacial score (nSPS) is 12.6. The van der Waals surface area contributed by atoms with Crippen molar-refractivity contribution >= 4 is 45.0 Å². The molecule has 0 aromatic heterocycles. The van der Waals surface area contributed by atoms with Crippen LogP contribution in [-0.2, 0) is 26.2 Å². The van der Waals surface area contributed by atoms with Gasteiger partial charge in [0.1, 0.15) is 6.04 Å². The summed E-state index contributed by atoms with van der Waals surface area (Å²) in [4.78, 5) is 27.9. The quantitative estimate of drug-likeness (QED) is 0.420. The van der Waals surface area contributed by atoms with E-state index in [1.807, 2.05) is 20.8 Å². The van der Waals surface area contributed by atoms with Gasteiger partial charge in [0, 0.05) is 42.6 Å². The molecule has 35 heavy (non-hydrogen) atoms. The number of sulfonamides is 1. The standard InChI is InChI=1S/C25H33Cl2N3O4S/c1-5-23(25(32)28-18(2)3)30(17-19-13-14-20(26)16-22(19)27)24(31)12-9-15-29(4)35(33,34)21-10-7-6-8-11-21/h6-8,10-11,13-14,16,18,23H,5,9,12,15,17H2,1-4H3,(H,28,32)/t23-/m1/s1. The molecule has 0 aliphatic heterocycles. The van der Waals surface area contributed by atoms with Crippen LogP contribution in [0.15, 0.2) is 53.4 Å². The Balaban J connectivity index is 2.17. The Hall–Kier alpha value is -2.13. The molecule has 0 bridgehead atoms. The SMILES string of the molecule is CC[C@H](C(=O)NC(C)C)N(Cc1ccc(Cl)cc1Cl)C(=O)CCCN(C)S(=O)(=O)c1ccccc1. The number of hydrogen-bond acceptors (Lipinski definition) is 4. The largest absolute Gasteiger partial charge is 0.352 e. The molecule has 2 amide bonds. The van der Waals surface area contributed by atoms with Crippen molar-refractivity contribution in [2.24, 2.45) is 0 Å². The van der Waals surface area contributed by atoms with E-state index in [2.05, 4.69) is 5.32 Å². The summed E-state index contributed by atoms with van der Waals surface area (Å²) in [7, 11) is -2.16. The molecular weight excluding hydrogens is 509 g/mol. The predicted molar refractivity (Wildman–Crippen MR) is 140 cm³/mol. The average Bonchev–Trinajstić information content (AvgIpc) is 2.80. The van der Waals surface area contributed by atoms with Crippen LogP contribution in [0.1, 0.15) is 45.6 Å². The lowest BCUT2D eigenvalue weighted by Crippen LogP contribution is -2.50. The third-order valence-electron chi connectivity index (χ3n) is 5.49. The fraction of sp³-hybridized carbons (Fsp3) is 0.440. The number of benzene rings is 2. The average molecular weight is 543 g/mol. The number of carbonyl (C=O) groups excluding carboxylic acids is 2. The first-order valence-electron chi connectivity index (χ1n) is 11.5. The van der Waals surface area contributed by atoms with Gasteiger partial charge in [-0.05, 0) is 56.5 Å². The van der Waals surface area contributed by atoms with E-state index in [0.29, 0.717) is 28.5 Å². The summed E-state index contributed by atoms with van der Waals surface area (Å²) in [6.45, 7) is 5.85. The molecule has 0 aliphatic rings. The van der Waals surface area contributed by atoms with Crippen LogP contribution in [0.2, 0.25) is 10.0 Å². The summed E-state index contributed by atoms with van der Waals surface area (Å²) < 4.78 is 26.7. The molecule has 1 atom stereocenters. The highest BCUT2D eigenvalue weighted by Crippen LogP contribution is 2.24. The van der Waals surface area contributed by atoms with Gasteiger partial charge >= 0.3 is 0 Å². The van der Waals surface area contributed by atoms with Gasteiger partial charge in [-0.25, -0.2) is 12.7 Å². The van der Waals surface area contributed by atoms with E-state index in [4.69, 9.17) is 23.2 Å². The second-order valence-corrected chi connectivity index (χ2v) is 11.5. The topological polar surface area (TPSA) is 86.8 Å². The minimum Gasteiger partial charge on any atom is -0.352 e. The first-order valence-corrected chi connectivity index (χ1v) is 13.7. The highest BCUT2D eigenvalue weighted by Gasteiger charge is 2.29. The van der Waals surface area contributed by atoms with Gasteiger partial charge in [0.05, 0.1) is 4.90 Å². The molecule has 0 saturated carbocycles. The molecule has 2 rings (SSSR count). The molecule has 0 heterocycles. The van der Waals surface area contributed by atoms with Crippen LogP contribution in [-0.4, -0.2) is 55.1 Å². The van der Waals surface area contributed by atoms with Crippen molar-refractivity contribution < 1.29 is 18.0 Å². The van der Waals surface area contributed by atoms with E-state index in [1.165, 1.54) is 28.4 Å². The van der Waals surface area contributed by atoms with Gasteiger partial charge in [-0.3, -0.25) is 9.59 Å². The van der Waals surface area contributed by atoms with Gasteiger partial charge in [-0.2, -0.15) is 0 Å². The summed E-state index contributed by atoms with van der Waals surface area (Å²) in [5.41, 5.74) is 0.670. The monoisotopic (exact) mass is 541 g/mol. The van der Waals surface area contributed by atoms with Crippen LogP contribution >= 0.6 is 23.2 Å².